The van der Waals surface area contributed by atoms with Crippen LogP contribution < -0.4 is 4.90 Å². The van der Waals surface area contributed by atoms with Crippen molar-refractivity contribution in [2.24, 2.45) is 0 Å². The van der Waals surface area contributed by atoms with Crippen LogP contribution in [0.2, 0.25) is 0 Å². The Labute approximate surface area is 114 Å². The van der Waals surface area contributed by atoms with Crippen LogP contribution in [0.5, 0.6) is 0 Å². The Kier molecular flexibility index (Phi) is 4.94. The van der Waals surface area contributed by atoms with Crippen LogP contribution in [0.1, 0.15) is 13.8 Å². The third kappa shape index (κ3) is 3.96. The van der Waals surface area contributed by atoms with E-state index in [-0.39, 0.29) is 17.5 Å². The quantitative estimate of drug-likeness (QED) is 0.767. The van der Waals surface area contributed by atoms with Crippen molar-refractivity contribution in [3.63, 3.8) is 0 Å². The molecule has 6 heteroatoms. The van der Waals surface area contributed by atoms with Gasteiger partial charge in [-0.15, -0.1) is 0 Å². The number of hydrogen-bond acceptors (Lipinski definition) is 5. The maximum atomic E-state index is 11.8. The molecule has 106 valence electrons. The Morgan fingerprint density at radius 3 is 2.37 bits per heavy atom. The summed E-state index contributed by atoms with van der Waals surface area (Å²) in [7, 11) is -2.04. The molecule has 0 atom stereocenters. The minimum atomic E-state index is -3.35. The largest absolute Gasteiger partial charge is 0.468 e. The number of carbonyl (C=O) groups is 1. The zero-order chi connectivity index (χ0) is 14.6. The summed E-state index contributed by atoms with van der Waals surface area (Å²) in [6.07, 6.45) is 1.16. The maximum Gasteiger partial charge on any atom is 0.325 e. The van der Waals surface area contributed by atoms with Crippen molar-refractivity contribution in [2.45, 2.75) is 24.8 Å². The van der Waals surface area contributed by atoms with Crippen molar-refractivity contribution in [1.82, 2.24) is 0 Å². The van der Waals surface area contributed by atoms with Crippen LogP contribution >= 0.6 is 0 Å². The van der Waals surface area contributed by atoms with Gasteiger partial charge in [0.2, 0.25) is 0 Å². The topological polar surface area (TPSA) is 63.7 Å². The first-order valence-corrected chi connectivity index (χ1v) is 7.79. The molecule has 0 heterocycles. The Morgan fingerprint density at radius 1 is 1.32 bits per heavy atom. The first-order valence-electron chi connectivity index (χ1n) is 5.90. The number of sulfone groups is 1. The van der Waals surface area contributed by atoms with E-state index in [0.29, 0.717) is 5.69 Å². The van der Waals surface area contributed by atoms with E-state index in [1.807, 2.05) is 13.8 Å². The Hall–Kier alpha value is -1.56. The average molecular weight is 285 g/mol. The summed E-state index contributed by atoms with van der Waals surface area (Å²) < 4.78 is 28.2. The molecule has 0 bridgehead atoms. The van der Waals surface area contributed by atoms with Gasteiger partial charge in [0.15, 0.2) is 9.84 Å². The molecule has 0 aliphatic carbocycles. The predicted molar refractivity (Wildman–Crippen MR) is 74.0 cm³/mol. The van der Waals surface area contributed by atoms with E-state index in [1.165, 1.54) is 13.2 Å². The summed E-state index contributed by atoms with van der Waals surface area (Å²) >= 11 is 0. The van der Waals surface area contributed by atoms with Crippen molar-refractivity contribution < 1.29 is 17.9 Å². The highest BCUT2D eigenvalue weighted by atomic mass is 32.2. The number of rotatable bonds is 5. The summed E-state index contributed by atoms with van der Waals surface area (Å²) in [6.45, 7) is 3.80. The average Bonchev–Trinajstić information content (AvgIpc) is 2.34. The van der Waals surface area contributed by atoms with Gasteiger partial charge in [0.05, 0.1) is 17.7 Å². The standard InChI is InChI=1S/C13H19NO4S/c1-10(2)14(9-13(15)18-3)11-7-5-6-8-12(11)19(4,16)17/h5-8,10H,9H2,1-4H3. The Balaban J connectivity index is 3.28. The van der Waals surface area contributed by atoms with E-state index in [4.69, 9.17) is 0 Å². The molecule has 0 saturated heterocycles. The minimum Gasteiger partial charge on any atom is -0.468 e. The van der Waals surface area contributed by atoms with E-state index < -0.39 is 15.8 Å². The highest BCUT2D eigenvalue weighted by Crippen LogP contribution is 2.26. The highest BCUT2D eigenvalue weighted by Gasteiger charge is 2.21. The number of ether oxygens (including phenoxy) is 1. The number of esters is 1. The third-order valence-corrected chi connectivity index (χ3v) is 3.87. The molecule has 0 amide bonds. The van der Waals surface area contributed by atoms with Gasteiger partial charge in [0, 0.05) is 12.3 Å². The summed E-state index contributed by atoms with van der Waals surface area (Å²) in [5.41, 5.74) is 0.519. The zero-order valence-corrected chi connectivity index (χ0v) is 12.4. The van der Waals surface area contributed by atoms with Gasteiger partial charge in [-0.2, -0.15) is 0 Å². The fraction of sp³-hybridized carbons (Fsp3) is 0.462. The second-order valence-corrected chi connectivity index (χ2v) is 6.52. The minimum absolute atomic E-state index is 0.0146. The van der Waals surface area contributed by atoms with E-state index in [1.54, 1.807) is 23.1 Å². The number of nitrogens with zero attached hydrogens (tertiary/aromatic N) is 1. The highest BCUT2D eigenvalue weighted by molar-refractivity contribution is 7.90. The molecule has 0 fully saturated rings. The van der Waals surface area contributed by atoms with Gasteiger partial charge in [0.1, 0.15) is 6.54 Å². The summed E-state index contributed by atoms with van der Waals surface area (Å²) in [5, 5.41) is 0. The van der Waals surface area contributed by atoms with E-state index in [0.717, 1.165) is 6.26 Å². The number of methoxy groups -OCH3 is 1. The molecular formula is C13H19NO4S. The van der Waals surface area contributed by atoms with Gasteiger partial charge in [-0.1, -0.05) is 12.1 Å². The molecule has 0 spiro atoms. The van der Waals surface area contributed by atoms with Crippen molar-refractivity contribution >= 4 is 21.5 Å². The van der Waals surface area contributed by atoms with Crippen molar-refractivity contribution in [3.05, 3.63) is 24.3 Å². The number of anilines is 1. The molecule has 5 nitrogen and oxygen atoms in total. The second-order valence-electron chi connectivity index (χ2n) is 4.54. The lowest BCUT2D eigenvalue weighted by molar-refractivity contribution is -0.139. The molecule has 0 aromatic heterocycles. The van der Waals surface area contributed by atoms with Crippen molar-refractivity contribution in [2.75, 3.05) is 24.8 Å². The van der Waals surface area contributed by atoms with Crippen LogP contribution in [-0.4, -0.2) is 40.3 Å². The van der Waals surface area contributed by atoms with Gasteiger partial charge in [-0.3, -0.25) is 4.79 Å². The van der Waals surface area contributed by atoms with Gasteiger partial charge < -0.3 is 9.64 Å². The smallest absolute Gasteiger partial charge is 0.325 e. The van der Waals surface area contributed by atoms with E-state index >= 15 is 0 Å². The monoisotopic (exact) mass is 285 g/mol. The van der Waals surface area contributed by atoms with Crippen LogP contribution in [0.25, 0.3) is 0 Å². The molecule has 1 aromatic carbocycles. The van der Waals surface area contributed by atoms with Crippen LogP contribution in [-0.2, 0) is 19.4 Å². The van der Waals surface area contributed by atoms with E-state index in [2.05, 4.69) is 4.74 Å². The maximum absolute atomic E-state index is 11.8. The molecule has 1 aromatic rings. The van der Waals surface area contributed by atoms with Crippen LogP contribution in [0, 0.1) is 0 Å². The fourth-order valence-electron chi connectivity index (χ4n) is 1.76. The first-order chi connectivity index (χ1) is 8.77. The van der Waals surface area contributed by atoms with Crippen LogP contribution in [0.15, 0.2) is 29.2 Å². The SMILES string of the molecule is COC(=O)CN(c1ccccc1S(C)(=O)=O)C(C)C. The van der Waals surface area contributed by atoms with Gasteiger partial charge >= 0.3 is 5.97 Å². The zero-order valence-electron chi connectivity index (χ0n) is 11.6. The lowest BCUT2D eigenvalue weighted by Gasteiger charge is -2.29. The first kappa shape index (κ1) is 15.5. The van der Waals surface area contributed by atoms with Crippen LogP contribution in [0.3, 0.4) is 0 Å². The molecule has 0 N–H and O–H groups in total. The molecule has 0 aliphatic rings. The summed E-state index contributed by atoms with van der Waals surface area (Å²) in [4.78, 5) is 13.4. The van der Waals surface area contributed by atoms with Gasteiger partial charge in [0.25, 0.3) is 0 Å². The van der Waals surface area contributed by atoms with Crippen molar-refractivity contribution in [3.8, 4) is 0 Å². The lowest BCUT2D eigenvalue weighted by atomic mass is 10.2. The Bertz CT molecular complexity index is 552. The van der Waals surface area contributed by atoms with E-state index in [9.17, 15) is 13.2 Å². The normalized spacial score (nSPS) is 11.4. The summed E-state index contributed by atoms with van der Waals surface area (Å²) in [5.74, 6) is -0.406. The molecule has 0 unspecified atom stereocenters. The Morgan fingerprint density at radius 2 is 1.89 bits per heavy atom. The molecule has 0 aliphatic heterocycles. The molecule has 1 rings (SSSR count). The van der Waals surface area contributed by atoms with Crippen LogP contribution in [0.4, 0.5) is 5.69 Å². The number of hydrogen-bond donors (Lipinski definition) is 0. The number of para-hydroxylation sites is 1. The number of benzene rings is 1. The third-order valence-electron chi connectivity index (χ3n) is 2.72. The molecule has 0 radical (unpaired) electrons. The second kappa shape index (κ2) is 6.06. The predicted octanol–water partition coefficient (Wildman–Crippen LogP) is 1.48. The number of carbonyl (C=O) groups excluding carboxylic acids is 1. The molecule has 19 heavy (non-hydrogen) atoms. The van der Waals surface area contributed by atoms with Crippen molar-refractivity contribution in [1.29, 1.82) is 0 Å². The lowest BCUT2D eigenvalue weighted by Crippen LogP contribution is -2.37. The van der Waals surface area contributed by atoms with Gasteiger partial charge in [-0.05, 0) is 26.0 Å². The fourth-order valence-corrected chi connectivity index (χ4v) is 2.65. The summed E-state index contributed by atoms with van der Waals surface area (Å²) in [6, 6.07) is 6.62. The molecular weight excluding hydrogens is 266 g/mol. The molecule has 0 saturated carbocycles. The van der Waals surface area contributed by atoms with Gasteiger partial charge in [-0.25, -0.2) is 8.42 Å².